The first-order chi connectivity index (χ1) is 11.5. The van der Waals surface area contributed by atoms with Crippen molar-refractivity contribution in [3.63, 3.8) is 0 Å². The van der Waals surface area contributed by atoms with Crippen LogP contribution in [0.3, 0.4) is 0 Å². The van der Waals surface area contributed by atoms with Crippen LogP contribution in [0.15, 0.2) is 36.4 Å². The minimum atomic E-state index is -0.0976. The summed E-state index contributed by atoms with van der Waals surface area (Å²) in [6.45, 7) is 9.33. The number of fused-ring (bicyclic) bond motifs is 1. The highest BCUT2D eigenvalue weighted by Gasteiger charge is 2.33. The molecule has 0 spiro atoms. The van der Waals surface area contributed by atoms with Gasteiger partial charge in [-0.3, -0.25) is 4.79 Å². The maximum Gasteiger partial charge on any atom is 0.257 e. The van der Waals surface area contributed by atoms with Gasteiger partial charge in [0.05, 0.1) is 5.56 Å². The lowest BCUT2D eigenvalue weighted by Crippen LogP contribution is -2.44. The second-order valence-corrected chi connectivity index (χ2v) is 6.76. The Morgan fingerprint density at radius 3 is 2.42 bits per heavy atom. The number of para-hydroxylation sites is 1. The zero-order chi connectivity index (χ0) is 17.3. The molecule has 3 nitrogen and oxygen atoms in total. The molecule has 1 aliphatic rings. The van der Waals surface area contributed by atoms with Crippen LogP contribution in [0.5, 0.6) is 0 Å². The molecule has 0 aliphatic carbocycles. The third kappa shape index (κ3) is 2.91. The number of amides is 1. The van der Waals surface area contributed by atoms with Gasteiger partial charge >= 0.3 is 0 Å². The fourth-order valence-electron chi connectivity index (χ4n) is 3.70. The van der Waals surface area contributed by atoms with Crippen LogP contribution in [-0.4, -0.2) is 17.4 Å². The summed E-state index contributed by atoms with van der Waals surface area (Å²) < 4.78 is 0. The Labute approximate surface area is 144 Å². The van der Waals surface area contributed by atoms with E-state index in [1.807, 2.05) is 29.2 Å². The lowest BCUT2D eigenvalue weighted by Gasteiger charge is -2.39. The summed E-state index contributed by atoms with van der Waals surface area (Å²) >= 11 is 0. The number of rotatable bonds is 4. The number of nitrogens with zero attached hydrogens (tertiary/aromatic N) is 1. The standard InChI is InChI=1S/C21H26N2O/c1-5-6-11-23-20(19-15(3)12-14(2)13-16(19)4)22-18-10-8-7-9-17(18)21(23)24/h7-10,12-13,20,22H,5-6,11H2,1-4H3. The molecule has 0 fully saturated rings. The maximum atomic E-state index is 13.1. The van der Waals surface area contributed by atoms with Gasteiger partial charge in [-0.15, -0.1) is 0 Å². The topological polar surface area (TPSA) is 32.3 Å². The van der Waals surface area contributed by atoms with Crippen LogP contribution in [0.25, 0.3) is 0 Å². The number of nitrogens with one attached hydrogen (secondary N) is 1. The molecule has 0 aromatic heterocycles. The number of carbonyl (C=O) groups excluding carboxylic acids is 1. The quantitative estimate of drug-likeness (QED) is 0.861. The minimum absolute atomic E-state index is 0.0976. The Morgan fingerprint density at radius 1 is 1.08 bits per heavy atom. The molecular weight excluding hydrogens is 296 g/mol. The SMILES string of the molecule is CCCCN1C(=O)c2ccccc2NC1c1c(C)cc(C)cc1C. The first-order valence-electron chi connectivity index (χ1n) is 8.77. The van der Waals surface area contributed by atoms with Crippen molar-refractivity contribution in [1.82, 2.24) is 4.90 Å². The van der Waals surface area contributed by atoms with Crippen LogP contribution >= 0.6 is 0 Å². The van der Waals surface area contributed by atoms with Gasteiger partial charge < -0.3 is 10.2 Å². The Balaban J connectivity index is 2.09. The van der Waals surface area contributed by atoms with Crippen molar-refractivity contribution in [2.24, 2.45) is 0 Å². The van der Waals surface area contributed by atoms with Gasteiger partial charge in [0.2, 0.25) is 0 Å². The average molecular weight is 322 g/mol. The molecule has 2 aromatic rings. The lowest BCUT2D eigenvalue weighted by molar-refractivity contribution is 0.0679. The molecule has 24 heavy (non-hydrogen) atoms. The molecule has 1 heterocycles. The van der Waals surface area contributed by atoms with Crippen molar-refractivity contribution in [1.29, 1.82) is 0 Å². The molecule has 0 bridgehead atoms. The van der Waals surface area contributed by atoms with Gasteiger partial charge in [0.25, 0.3) is 5.91 Å². The molecule has 0 radical (unpaired) electrons. The zero-order valence-electron chi connectivity index (χ0n) is 15.0. The van der Waals surface area contributed by atoms with Crippen molar-refractivity contribution < 1.29 is 4.79 Å². The van der Waals surface area contributed by atoms with Crippen LogP contribution in [0, 0.1) is 20.8 Å². The monoisotopic (exact) mass is 322 g/mol. The van der Waals surface area contributed by atoms with E-state index in [2.05, 4.69) is 45.1 Å². The van der Waals surface area contributed by atoms with Crippen molar-refractivity contribution in [3.8, 4) is 0 Å². The van der Waals surface area contributed by atoms with Gasteiger partial charge in [-0.25, -0.2) is 0 Å². The van der Waals surface area contributed by atoms with Crippen LogP contribution in [0.2, 0.25) is 0 Å². The Hall–Kier alpha value is -2.29. The van der Waals surface area contributed by atoms with E-state index in [1.165, 1.54) is 22.3 Å². The van der Waals surface area contributed by atoms with E-state index in [4.69, 9.17) is 0 Å². The molecule has 1 aliphatic heterocycles. The van der Waals surface area contributed by atoms with Crippen LogP contribution in [0.1, 0.15) is 58.5 Å². The van der Waals surface area contributed by atoms with Crippen LogP contribution in [0.4, 0.5) is 5.69 Å². The van der Waals surface area contributed by atoms with E-state index in [9.17, 15) is 4.79 Å². The third-order valence-electron chi connectivity index (χ3n) is 4.79. The summed E-state index contributed by atoms with van der Waals surface area (Å²) in [6, 6.07) is 12.2. The first-order valence-corrected chi connectivity index (χ1v) is 8.77. The minimum Gasteiger partial charge on any atom is -0.361 e. The molecule has 3 heteroatoms. The number of hydrogen-bond donors (Lipinski definition) is 1. The highest BCUT2D eigenvalue weighted by atomic mass is 16.2. The van der Waals surface area contributed by atoms with Gasteiger partial charge in [-0.05, 0) is 50.5 Å². The van der Waals surface area contributed by atoms with E-state index in [-0.39, 0.29) is 12.1 Å². The molecule has 0 saturated carbocycles. The molecule has 2 aromatic carbocycles. The summed E-state index contributed by atoms with van der Waals surface area (Å²) in [5.41, 5.74) is 6.65. The van der Waals surface area contributed by atoms with Crippen molar-refractivity contribution in [3.05, 3.63) is 64.2 Å². The molecule has 1 unspecified atom stereocenters. The maximum absolute atomic E-state index is 13.1. The molecular formula is C21H26N2O. The van der Waals surface area contributed by atoms with Crippen molar-refractivity contribution in [2.75, 3.05) is 11.9 Å². The molecule has 126 valence electrons. The van der Waals surface area contributed by atoms with Gasteiger partial charge in [-0.2, -0.15) is 0 Å². The lowest BCUT2D eigenvalue weighted by atomic mass is 9.94. The number of benzene rings is 2. The summed E-state index contributed by atoms with van der Waals surface area (Å²) in [6.07, 6.45) is 1.99. The second kappa shape index (κ2) is 6.68. The summed E-state index contributed by atoms with van der Waals surface area (Å²) in [5.74, 6) is 0.127. The fraction of sp³-hybridized carbons (Fsp3) is 0.381. The zero-order valence-corrected chi connectivity index (χ0v) is 15.0. The molecule has 0 saturated heterocycles. The summed E-state index contributed by atoms with van der Waals surface area (Å²) in [7, 11) is 0. The average Bonchev–Trinajstić information content (AvgIpc) is 2.53. The van der Waals surface area contributed by atoms with Gasteiger partial charge in [0.1, 0.15) is 6.17 Å². The molecule has 1 atom stereocenters. The smallest absolute Gasteiger partial charge is 0.257 e. The number of aryl methyl sites for hydroxylation is 3. The first kappa shape index (κ1) is 16.6. The number of hydrogen-bond acceptors (Lipinski definition) is 2. The molecule has 1 amide bonds. The van der Waals surface area contributed by atoms with E-state index >= 15 is 0 Å². The Kier molecular flexibility index (Phi) is 4.61. The third-order valence-corrected chi connectivity index (χ3v) is 4.79. The van der Waals surface area contributed by atoms with Gasteiger partial charge in [-0.1, -0.05) is 43.2 Å². The molecule has 1 N–H and O–H groups in total. The van der Waals surface area contributed by atoms with Gasteiger partial charge in [0, 0.05) is 17.8 Å². The second-order valence-electron chi connectivity index (χ2n) is 6.76. The predicted molar refractivity (Wildman–Crippen MR) is 99.4 cm³/mol. The normalized spacial score (nSPS) is 16.8. The van der Waals surface area contributed by atoms with E-state index in [0.717, 1.165) is 30.6 Å². The predicted octanol–water partition coefficient (Wildman–Crippen LogP) is 4.98. The fourth-order valence-corrected chi connectivity index (χ4v) is 3.70. The van der Waals surface area contributed by atoms with E-state index < -0.39 is 0 Å². The van der Waals surface area contributed by atoms with Crippen molar-refractivity contribution >= 4 is 11.6 Å². The number of anilines is 1. The van der Waals surface area contributed by atoms with Gasteiger partial charge in [0.15, 0.2) is 0 Å². The van der Waals surface area contributed by atoms with Crippen molar-refractivity contribution in [2.45, 2.75) is 46.7 Å². The summed E-state index contributed by atoms with van der Waals surface area (Å²) in [4.78, 5) is 15.1. The number of carbonyl (C=O) groups is 1. The van der Waals surface area contributed by atoms with Crippen LogP contribution in [-0.2, 0) is 0 Å². The largest absolute Gasteiger partial charge is 0.361 e. The van der Waals surface area contributed by atoms with E-state index in [0.29, 0.717) is 0 Å². The Morgan fingerprint density at radius 2 is 1.75 bits per heavy atom. The Bertz CT molecular complexity index is 743. The van der Waals surface area contributed by atoms with Crippen LogP contribution < -0.4 is 5.32 Å². The highest BCUT2D eigenvalue weighted by Crippen LogP contribution is 2.36. The van der Waals surface area contributed by atoms with E-state index in [1.54, 1.807) is 0 Å². The summed E-state index contributed by atoms with van der Waals surface area (Å²) in [5, 5.41) is 3.61. The highest BCUT2D eigenvalue weighted by molar-refractivity contribution is 6.01. The molecule has 3 rings (SSSR count). The number of unbranched alkanes of at least 4 members (excludes halogenated alkanes) is 1.